The van der Waals surface area contributed by atoms with Crippen LogP contribution in [0, 0.1) is 0 Å². The Labute approximate surface area is 117 Å². The molecule has 0 spiro atoms. The van der Waals surface area contributed by atoms with Gasteiger partial charge in [-0.25, -0.2) is 9.59 Å². The van der Waals surface area contributed by atoms with Gasteiger partial charge in [-0.3, -0.25) is 0 Å². The maximum atomic E-state index is 11.5. The van der Waals surface area contributed by atoms with E-state index in [1.807, 2.05) is 13.8 Å². The smallest absolute Gasteiger partial charge is 0.336 e. The molecule has 0 amide bonds. The summed E-state index contributed by atoms with van der Waals surface area (Å²) in [5, 5.41) is 0. The van der Waals surface area contributed by atoms with Gasteiger partial charge in [-0.2, -0.15) is 0 Å². The fourth-order valence-electron chi connectivity index (χ4n) is 2.21. The van der Waals surface area contributed by atoms with Crippen LogP contribution in [-0.4, -0.2) is 0 Å². The summed E-state index contributed by atoms with van der Waals surface area (Å²) in [7, 11) is 0. The minimum atomic E-state index is -0.436. The lowest BCUT2D eigenvalue weighted by atomic mass is 10.0. The van der Waals surface area contributed by atoms with Gasteiger partial charge in [0.05, 0.1) is 0 Å². The predicted molar refractivity (Wildman–Crippen MR) is 76.9 cm³/mol. The third-order valence-corrected chi connectivity index (χ3v) is 3.07. The van der Waals surface area contributed by atoms with Crippen LogP contribution in [0.5, 0.6) is 0 Å². The molecule has 0 saturated heterocycles. The molecule has 106 valence electrons. The minimum absolute atomic E-state index is 0.389. The van der Waals surface area contributed by atoms with Crippen LogP contribution < -0.4 is 11.3 Å². The molecule has 2 heterocycles. The highest BCUT2D eigenvalue weighted by atomic mass is 16.4. The van der Waals surface area contributed by atoms with Crippen molar-refractivity contribution >= 4 is 0 Å². The molecule has 20 heavy (non-hydrogen) atoms. The Morgan fingerprint density at radius 1 is 0.750 bits per heavy atom. The van der Waals surface area contributed by atoms with E-state index in [1.54, 1.807) is 12.1 Å². The van der Waals surface area contributed by atoms with E-state index in [9.17, 15) is 9.59 Å². The molecule has 0 aliphatic heterocycles. The zero-order valence-corrected chi connectivity index (χ0v) is 11.8. The van der Waals surface area contributed by atoms with E-state index in [-0.39, 0.29) is 0 Å². The molecule has 0 aliphatic carbocycles. The first kappa shape index (κ1) is 14.3. The molecule has 0 saturated carbocycles. The molecular weight excluding hydrogens is 256 g/mol. The molecule has 0 unspecified atom stereocenters. The van der Waals surface area contributed by atoms with Gasteiger partial charge in [-0.05, 0) is 36.1 Å². The van der Waals surface area contributed by atoms with Crippen LogP contribution >= 0.6 is 0 Å². The summed E-state index contributed by atoms with van der Waals surface area (Å²) < 4.78 is 10.6. The molecule has 0 aliphatic rings. The molecule has 0 atom stereocenters. The average molecular weight is 274 g/mol. The van der Waals surface area contributed by atoms with Crippen LogP contribution in [0.3, 0.4) is 0 Å². The summed E-state index contributed by atoms with van der Waals surface area (Å²) in [6.07, 6.45) is 3.37. The highest BCUT2D eigenvalue weighted by Crippen LogP contribution is 2.26. The van der Waals surface area contributed by atoms with Crippen molar-refractivity contribution in [3.8, 4) is 11.5 Å². The highest BCUT2D eigenvalue weighted by molar-refractivity contribution is 5.58. The standard InChI is InChI=1S/C16H18O4/c1-3-5-11-7-9-13(17)19-15(11)16-12(6-4-2)8-10-14(18)20-16/h7-10H,3-6H2,1-2H3. The van der Waals surface area contributed by atoms with Crippen molar-refractivity contribution in [2.24, 2.45) is 0 Å². The van der Waals surface area contributed by atoms with Crippen molar-refractivity contribution in [2.45, 2.75) is 39.5 Å². The topological polar surface area (TPSA) is 60.4 Å². The molecule has 0 radical (unpaired) electrons. The van der Waals surface area contributed by atoms with E-state index in [4.69, 9.17) is 8.83 Å². The number of aryl methyl sites for hydroxylation is 2. The summed E-state index contributed by atoms with van der Waals surface area (Å²) in [4.78, 5) is 23.0. The maximum Gasteiger partial charge on any atom is 0.336 e. The van der Waals surface area contributed by atoms with Crippen molar-refractivity contribution in [3.05, 3.63) is 56.2 Å². The van der Waals surface area contributed by atoms with Crippen LogP contribution in [0.15, 0.2) is 42.7 Å². The molecule has 2 rings (SSSR count). The third kappa shape index (κ3) is 3.07. The molecule has 0 fully saturated rings. The zero-order valence-electron chi connectivity index (χ0n) is 11.8. The Bertz CT molecular complexity index is 633. The van der Waals surface area contributed by atoms with Crippen LogP contribution in [-0.2, 0) is 12.8 Å². The van der Waals surface area contributed by atoms with Gasteiger partial charge in [0.2, 0.25) is 0 Å². The molecule has 0 aromatic carbocycles. The second-order valence-electron chi connectivity index (χ2n) is 4.72. The van der Waals surface area contributed by atoms with Gasteiger partial charge in [0, 0.05) is 12.1 Å². The van der Waals surface area contributed by atoms with E-state index in [0.717, 1.165) is 36.8 Å². The molecule has 4 nitrogen and oxygen atoms in total. The van der Waals surface area contributed by atoms with Crippen molar-refractivity contribution in [3.63, 3.8) is 0 Å². The Kier molecular flexibility index (Phi) is 4.56. The van der Waals surface area contributed by atoms with Crippen molar-refractivity contribution in [2.75, 3.05) is 0 Å². The fraction of sp³-hybridized carbons (Fsp3) is 0.375. The normalized spacial score (nSPS) is 10.7. The summed E-state index contributed by atoms with van der Waals surface area (Å²) in [6, 6.07) is 6.28. The summed E-state index contributed by atoms with van der Waals surface area (Å²) in [6.45, 7) is 4.09. The summed E-state index contributed by atoms with van der Waals surface area (Å²) in [5.74, 6) is 0.779. The van der Waals surface area contributed by atoms with Crippen molar-refractivity contribution in [1.82, 2.24) is 0 Å². The van der Waals surface area contributed by atoms with Crippen molar-refractivity contribution < 1.29 is 8.83 Å². The molecule has 2 aromatic heterocycles. The van der Waals surface area contributed by atoms with Gasteiger partial charge in [0.1, 0.15) is 0 Å². The number of rotatable bonds is 5. The lowest BCUT2D eigenvalue weighted by molar-refractivity contribution is 0.460. The van der Waals surface area contributed by atoms with E-state index in [1.165, 1.54) is 12.1 Å². The Hall–Kier alpha value is -2.10. The van der Waals surface area contributed by atoms with Gasteiger partial charge in [-0.15, -0.1) is 0 Å². The monoisotopic (exact) mass is 274 g/mol. The second-order valence-corrected chi connectivity index (χ2v) is 4.72. The first-order valence-corrected chi connectivity index (χ1v) is 6.92. The van der Waals surface area contributed by atoms with E-state index in [2.05, 4.69) is 0 Å². The van der Waals surface area contributed by atoms with Gasteiger partial charge in [-0.1, -0.05) is 26.7 Å². The predicted octanol–water partition coefficient (Wildman–Crippen LogP) is 3.17. The van der Waals surface area contributed by atoms with E-state index >= 15 is 0 Å². The van der Waals surface area contributed by atoms with E-state index < -0.39 is 11.3 Å². The van der Waals surface area contributed by atoms with Crippen molar-refractivity contribution in [1.29, 1.82) is 0 Å². The first-order chi connectivity index (χ1) is 9.65. The summed E-state index contributed by atoms with van der Waals surface area (Å²) in [5.41, 5.74) is 0.903. The molecule has 0 N–H and O–H groups in total. The Balaban J connectivity index is 2.65. The van der Waals surface area contributed by atoms with Gasteiger partial charge >= 0.3 is 11.3 Å². The molecule has 2 aromatic rings. The SMILES string of the molecule is CCCc1ccc(=O)oc1-c1oc(=O)ccc1CCC. The number of hydrogen-bond donors (Lipinski definition) is 0. The van der Waals surface area contributed by atoms with Crippen LogP contribution in [0.4, 0.5) is 0 Å². The van der Waals surface area contributed by atoms with Gasteiger partial charge in [0.25, 0.3) is 0 Å². The largest absolute Gasteiger partial charge is 0.419 e. The Morgan fingerprint density at radius 3 is 1.50 bits per heavy atom. The van der Waals surface area contributed by atoms with E-state index in [0.29, 0.717) is 11.5 Å². The van der Waals surface area contributed by atoms with Crippen LogP contribution in [0.25, 0.3) is 11.5 Å². The van der Waals surface area contributed by atoms with Crippen LogP contribution in [0.1, 0.15) is 37.8 Å². The third-order valence-electron chi connectivity index (χ3n) is 3.07. The van der Waals surface area contributed by atoms with Crippen LogP contribution in [0.2, 0.25) is 0 Å². The van der Waals surface area contributed by atoms with Gasteiger partial charge in [0.15, 0.2) is 11.5 Å². The number of hydrogen-bond acceptors (Lipinski definition) is 4. The summed E-state index contributed by atoms with van der Waals surface area (Å²) >= 11 is 0. The average Bonchev–Trinajstić information content (AvgIpc) is 2.43. The lowest BCUT2D eigenvalue weighted by Gasteiger charge is -2.09. The molecule has 4 heteroatoms. The quantitative estimate of drug-likeness (QED) is 0.840. The minimum Gasteiger partial charge on any atom is -0.419 e. The first-order valence-electron chi connectivity index (χ1n) is 6.92. The fourth-order valence-corrected chi connectivity index (χ4v) is 2.21. The molecular formula is C16H18O4. The second kappa shape index (κ2) is 6.37. The lowest BCUT2D eigenvalue weighted by Crippen LogP contribution is -2.05. The van der Waals surface area contributed by atoms with Gasteiger partial charge < -0.3 is 8.83 Å². The maximum absolute atomic E-state index is 11.5. The highest BCUT2D eigenvalue weighted by Gasteiger charge is 2.15. The zero-order chi connectivity index (χ0) is 14.5. The Morgan fingerprint density at radius 2 is 1.15 bits per heavy atom. The molecule has 0 bridgehead atoms.